The third-order valence-electron chi connectivity index (χ3n) is 3.55. The van der Waals surface area contributed by atoms with Crippen LogP contribution in [0.1, 0.15) is 42.7 Å². The second kappa shape index (κ2) is 6.10. The van der Waals surface area contributed by atoms with E-state index >= 15 is 0 Å². The zero-order valence-corrected chi connectivity index (χ0v) is 13.8. The average Bonchev–Trinajstić information content (AvgIpc) is 2.72. The maximum Gasteiger partial charge on any atom is 0.135 e. The molecular weight excluding hydrogens is 302 g/mol. The van der Waals surface area contributed by atoms with E-state index in [0.717, 1.165) is 37.3 Å². The zero-order chi connectivity index (χ0) is 14.0. The molecule has 1 aromatic carbocycles. The molecule has 0 amide bonds. The second-order valence-corrected chi connectivity index (χ2v) is 5.83. The van der Waals surface area contributed by atoms with Crippen molar-refractivity contribution in [1.29, 1.82) is 0 Å². The summed E-state index contributed by atoms with van der Waals surface area (Å²) in [5, 5.41) is 4.67. The Morgan fingerprint density at radius 3 is 2.63 bits per heavy atom. The summed E-state index contributed by atoms with van der Waals surface area (Å²) in [5.74, 6) is 1.10. The number of halogens is 1. The van der Waals surface area contributed by atoms with Crippen LogP contribution in [0.3, 0.4) is 0 Å². The molecule has 104 valence electrons. The van der Waals surface area contributed by atoms with Crippen LogP contribution in [0, 0.1) is 13.8 Å². The van der Waals surface area contributed by atoms with E-state index in [-0.39, 0.29) is 0 Å². The molecule has 0 aliphatic carbocycles. The van der Waals surface area contributed by atoms with Gasteiger partial charge in [-0.2, -0.15) is 0 Å². The molecule has 3 heteroatoms. The molecule has 2 nitrogen and oxygen atoms in total. The lowest BCUT2D eigenvalue weighted by molar-refractivity contribution is 0.512. The van der Waals surface area contributed by atoms with Crippen LogP contribution in [-0.4, -0.2) is 6.54 Å². The highest BCUT2D eigenvalue weighted by molar-refractivity contribution is 9.10. The lowest BCUT2D eigenvalue weighted by Crippen LogP contribution is -2.12. The summed E-state index contributed by atoms with van der Waals surface area (Å²) < 4.78 is 7.29. The lowest BCUT2D eigenvalue weighted by Gasteiger charge is -2.06. The van der Waals surface area contributed by atoms with Gasteiger partial charge < -0.3 is 9.73 Å². The Kier molecular flexibility index (Phi) is 4.69. The van der Waals surface area contributed by atoms with Gasteiger partial charge in [0.1, 0.15) is 11.3 Å². The van der Waals surface area contributed by atoms with Gasteiger partial charge in [0.2, 0.25) is 0 Å². The zero-order valence-electron chi connectivity index (χ0n) is 12.2. The second-order valence-electron chi connectivity index (χ2n) is 5.04. The Morgan fingerprint density at radius 1 is 1.26 bits per heavy atom. The number of fused-ring (bicyclic) bond motifs is 1. The molecule has 0 atom stereocenters. The van der Waals surface area contributed by atoms with E-state index < -0.39 is 0 Å². The first-order chi connectivity index (χ1) is 9.10. The highest BCUT2D eigenvalue weighted by Gasteiger charge is 2.17. The maximum absolute atomic E-state index is 6.09. The van der Waals surface area contributed by atoms with Gasteiger partial charge in [-0.05, 0) is 44.0 Å². The molecule has 0 bridgehead atoms. The topological polar surface area (TPSA) is 25.2 Å². The van der Waals surface area contributed by atoms with Crippen LogP contribution in [-0.2, 0) is 13.0 Å². The molecule has 0 aliphatic rings. The summed E-state index contributed by atoms with van der Waals surface area (Å²) in [7, 11) is 0. The fourth-order valence-corrected chi connectivity index (χ4v) is 2.92. The molecule has 19 heavy (non-hydrogen) atoms. The molecule has 0 fully saturated rings. The fraction of sp³-hybridized carbons (Fsp3) is 0.500. The maximum atomic E-state index is 6.09. The molecule has 0 saturated carbocycles. The number of hydrogen-bond acceptors (Lipinski definition) is 2. The minimum absolute atomic E-state index is 0.816. The summed E-state index contributed by atoms with van der Waals surface area (Å²) in [6.45, 7) is 10.4. The molecule has 1 aromatic heterocycles. The third-order valence-corrected chi connectivity index (χ3v) is 4.77. The molecule has 0 unspecified atom stereocenters. The summed E-state index contributed by atoms with van der Waals surface area (Å²) in [4.78, 5) is 0. The first-order valence-corrected chi connectivity index (χ1v) is 7.80. The molecule has 0 aliphatic heterocycles. The van der Waals surface area contributed by atoms with Crippen molar-refractivity contribution < 1.29 is 4.42 Å². The van der Waals surface area contributed by atoms with Crippen molar-refractivity contribution in [1.82, 2.24) is 5.32 Å². The van der Waals surface area contributed by atoms with E-state index in [9.17, 15) is 0 Å². The Labute approximate surface area is 123 Å². The normalized spacial score (nSPS) is 11.4. The van der Waals surface area contributed by atoms with Gasteiger partial charge in [0.15, 0.2) is 0 Å². The minimum atomic E-state index is 0.816. The quantitative estimate of drug-likeness (QED) is 0.848. The molecule has 0 saturated heterocycles. The van der Waals surface area contributed by atoms with Gasteiger partial charge in [-0.15, -0.1) is 0 Å². The number of furan rings is 1. The van der Waals surface area contributed by atoms with Crippen molar-refractivity contribution in [3.63, 3.8) is 0 Å². The number of nitrogens with one attached hydrogen (secondary N) is 1. The monoisotopic (exact) mass is 323 g/mol. The van der Waals surface area contributed by atoms with E-state index in [0.29, 0.717) is 0 Å². The van der Waals surface area contributed by atoms with Crippen LogP contribution in [0.5, 0.6) is 0 Å². The standard InChI is InChI=1S/C16H22BrNO/c1-5-7-12-14(9-18-6-2)19-13-8-10(3)16(17)11(4)15(12)13/h8,18H,5-7,9H2,1-4H3. The molecule has 0 spiro atoms. The Hall–Kier alpha value is -0.800. The minimum Gasteiger partial charge on any atom is -0.459 e. The SMILES string of the molecule is CCCc1c(CNCC)oc2cc(C)c(Br)c(C)c12. The first kappa shape index (κ1) is 14.6. The van der Waals surface area contributed by atoms with Crippen molar-refractivity contribution in [2.75, 3.05) is 6.54 Å². The van der Waals surface area contributed by atoms with Gasteiger partial charge in [-0.1, -0.05) is 36.2 Å². The van der Waals surface area contributed by atoms with Gasteiger partial charge >= 0.3 is 0 Å². The van der Waals surface area contributed by atoms with E-state index in [1.165, 1.54) is 26.5 Å². The van der Waals surface area contributed by atoms with Gasteiger partial charge in [0.05, 0.1) is 6.54 Å². The summed E-state index contributed by atoms with van der Waals surface area (Å²) in [6, 6.07) is 2.14. The molecule has 2 aromatic rings. The van der Waals surface area contributed by atoms with Crippen LogP contribution < -0.4 is 5.32 Å². The van der Waals surface area contributed by atoms with Crippen molar-refractivity contribution in [3.05, 3.63) is 33.0 Å². The summed E-state index contributed by atoms with van der Waals surface area (Å²) in [5.41, 5.74) is 4.92. The number of aryl methyl sites for hydroxylation is 3. The first-order valence-electron chi connectivity index (χ1n) is 7.00. The Balaban J connectivity index is 2.63. The summed E-state index contributed by atoms with van der Waals surface area (Å²) in [6.07, 6.45) is 2.21. The number of rotatable bonds is 5. The highest BCUT2D eigenvalue weighted by Crippen LogP contribution is 2.35. The van der Waals surface area contributed by atoms with Gasteiger partial charge in [0, 0.05) is 15.4 Å². The number of hydrogen-bond donors (Lipinski definition) is 1. The number of benzene rings is 1. The Bertz CT molecular complexity index is 586. The van der Waals surface area contributed by atoms with Crippen LogP contribution in [0.15, 0.2) is 15.0 Å². The van der Waals surface area contributed by atoms with Crippen molar-refractivity contribution >= 4 is 26.9 Å². The highest BCUT2D eigenvalue weighted by atomic mass is 79.9. The summed E-state index contributed by atoms with van der Waals surface area (Å²) >= 11 is 3.69. The van der Waals surface area contributed by atoms with Crippen molar-refractivity contribution in [2.24, 2.45) is 0 Å². The van der Waals surface area contributed by atoms with Crippen LogP contribution in [0.2, 0.25) is 0 Å². The largest absolute Gasteiger partial charge is 0.459 e. The predicted octanol–water partition coefficient (Wildman–Crippen LogP) is 4.87. The Morgan fingerprint density at radius 2 is 2.00 bits per heavy atom. The van der Waals surface area contributed by atoms with Crippen molar-refractivity contribution in [3.8, 4) is 0 Å². The smallest absolute Gasteiger partial charge is 0.135 e. The van der Waals surface area contributed by atoms with Gasteiger partial charge in [0.25, 0.3) is 0 Å². The van der Waals surface area contributed by atoms with E-state index in [2.05, 4.69) is 55.0 Å². The molecule has 1 N–H and O–H groups in total. The van der Waals surface area contributed by atoms with Crippen molar-refractivity contribution in [2.45, 2.75) is 47.1 Å². The van der Waals surface area contributed by atoms with E-state index in [1.807, 2.05) is 0 Å². The predicted molar refractivity (Wildman–Crippen MR) is 84.8 cm³/mol. The van der Waals surface area contributed by atoms with Crippen LogP contribution in [0.25, 0.3) is 11.0 Å². The molecule has 2 rings (SSSR count). The fourth-order valence-electron chi connectivity index (χ4n) is 2.61. The van der Waals surface area contributed by atoms with Gasteiger partial charge in [-0.3, -0.25) is 0 Å². The van der Waals surface area contributed by atoms with Crippen LogP contribution >= 0.6 is 15.9 Å². The third kappa shape index (κ3) is 2.72. The molecule has 0 radical (unpaired) electrons. The lowest BCUT2D eigenvalue weighted by atomic mass is 10.0. The molecule has 1 heterocycles. The average molecular weight is 324 g/mol. The van der Waals surface area contributed by atoms with E-state index in [1.54, 1.807) is 0 Å². The van der Waals surface area contributed by atoms with Gasteiger partial charge in [-0.25, -0.2) is 0 Å². The molecular formula is C16H22BrNO. The van der Waals surface area contributed by atoms with Crippen LogP contribution in [0.4, 0.5) is 0 Å². The van der Waals surface area contributed by atoms with E-state index in [4.69, 9.17) is 4.42 Å².